The van der Waals surface area contributed by atoms with E-state index in [0.29, 0.717) is 17.0 Å². The number of H-pyrrole nitrogens is 1. The molecule has 2 aliphatic heterocycles. The van der Waals surface area contributed by atoms with Gasteiger partial charge in [0.1, 0.15) is 12.1 Å². The first-order valence-corrected chi connectivity index (χ1v) is 12.6. The summed E-state index contributed by atoms with van der Waals surface area (Å²) in [6.07, 6.45) is 0.357. The lowest BCUT2D eigenvalue weighted by Gasteiger charge is -2.37. The number of rotatable bonds is 5. The van der Waals surface area contributed by atoms with Crippen molar-refractivity contribution in [2.24, 2.45) is 0 Å². The van der Waals surface area contributed by atoms with Crippen LogP contribution < -0.4 is 10.6 Å². The minimum Gasteiger partial charge on any atom is -0.356 e. The van der Waals surface area contributed by atoms with Crippen molar-refractivity contribution < 1.29 is 14.4 Å². The molecule has 3 heterocycles. The predicted molar refractivity (Wildman–Crippen MR) is 141 cm³/mol. The van der Waals surface area contributed by atoms with Gasteiger partial charge in [-0.2, -0.15) is 0 Å². The lowest BCUT2D eigenvalue weighted by molar-refractivity contribution is -0.131. The third kappa shape index (κ3) is 3.86. The fourth-order valence-corrected chi connectivity index (χ4v) is 5.69. The Bertz CT molecular complexity index is 1560. The van der Waals surface area contributed by atoms with Gasteiger partial charge in [-0.25, -0.2) is 0 Å². The Kier molecular flexibility index (Phi) is 5.72. The molecule has 3 atom stereocenters. The number of para-hydroxylation sites is 1. The normalized spacial score (nSPS) is 18.6. The number of benzene rings is 3. The van der Waals surface area contributed by atoms with E-state index in [2.05, 4.69) is 15.6 Å². The number of aromatic amines is 1. The summed E-state index contributed by atoms with van der Waals surface area (Å²) in [4.78, 5) is 45.1. The van der Waals surface area contributed by atoms with Gasteiger partial charge < -0.3 is 20.5 Å². The van der Waals surface area contributed by atoms with Crippen LogP contribution in [-0.4, -0.2) is 39.7 Å². The molecule has 1 unspecified atom stereocenters. The van der Waals surface area contributed by atoms with Crippen molar-refractivity contribution in [3.8, 4) is 0 Å². The fraction of sp³-hybridized carbons (Fsp3) is 0.207. The molecule has 0 spiro atoms. The molecule has 1 aromatic heterocycles. The van der Waals surface area contributed by atoms with Crippen LogP contribution in [0.3, 0.4) is 0 Å². The Hall–Kier alpha value is -4.10. The molecule has 0 aliphatic carbocycles. The summed E-state index contributed by atoms with van der Waals surface area (Å²) in [5.74, 6) is -0.868. The molecule has 3 aromatic carbocycles. The van der Waals surface area contributed by atoms with Crippen LogP contribution in [0.5, 0.6) is 0 Å². The quantitative estimate of drug-likeness (QED) is 0.375. The Labute approximate surface area is 218 Å². The van der Waals surface area contributed by atoms with Gasteiger partial charge in [0, 0.05) is 40.1 Å². The van der Waals surface area contributed by atoms with Crippen molar-refractivity contribution in [3.05, 3.63) is 106 Å². The number of carbonyl (C=O) groups excluding carboxylic acids is 3. The number of nitrogens with zero attached hydrogens (tertiary/aromatic N) is 1. The number of carbonyl (C=O) groups is 3. The third-order valence-electron chi connectivity index (χ3n) is 7.32. The zero-order chi connectivity index (χ0) is 25.7. The third-order valence-corrected chi connectivity index (χ3v) is 7.69. The van der Waals surface area contributed by atoms with E-state index in [0.717, 1.165) is 33.3 Å². The molecule has 0 bridgehead atoms. The molecule has 37 heavy (non-hydrogen) atoms. The van der Waals surface area contributed by atoms with Crippen LogP contribution in [0.1, 0.15) is 45.7 Å². The van der Waals surface area contributed by atoms with E-state index in [1.54, 1.807) is 24.0 Å². The highest BCUT2D eigenvalue weighted by atomic mass is 35.5. The molecule has 0 radical (unpaired) electrons. The Balaban J connectivity index is 1.27. The number of halogens is 1. The van der Waals surface area contributed by atoms with Crippen LogP contribution >= 0.6 is 11.6 Å². The SMILES string of the molecule is C[C@H](NC(=O)[C@@H]1Cc2c([nH]c3ccccc23)C2c3ccccc3C(=O)N21)C(=O)NCc1ccccc1Cl. The van der Waals surface area contributed by atoms with Crippen molar-refractivity contribution in [1.29, 1.82) is 0 Å². The Morgan fingerprint density at radius 1 is 1.05 bits per heavy atom. The van der Waals surface area contributed by atoms with Crippen molar-refractivity contribution in [1.82, 2.24) is 20.5 Å². The molecule has 6 rings (SSSR count). The van der Waals surface area contributed by atoms with Gasteiger partial charge in [-0.15, -0.1) is 0 Å². The topological polar surface area (TPSA) is 94.3 Å². The number of nitrogens with one attached hydrogen (secondary N) is 3. The molecule has 0 saturated heterocycles. The summed E-state index contributed by atoms with van der Waals surface area (Å²) in [5.41, 5.74) is 5.20. The van der Waals surface area contributed by atoms with Gasteiger partial charge in [0.05, 0.1) is 6.04 Å². The molecule has 2 aliphatic rings. The Morgan fingerprint density at radius 3 is 2.62 bits per heavy atom. The maximum Gasteiger partial charge on any atom is 0.255 e. The first kappa shape index (κ1) is 23.3. The average molecular weight is 513 g/mol. The lowest BCUT2D eigenvalue weighted by Crippen LogP contribution is -2.55. The monoisotopic (exact) mass is 512 g/mol. The predicted octanol–water partition coefficient (Wildman–Crippen LogP) is 4.11. The molecule has 3 amide bonds. The lowest BCUT2D eigenvalue weighted by atomic mass is 9.90. The number of amides is 3. The van der Waals surface area contributed by atoms with Crippen LogP contribution in [0.15, 0.2) is 72.8 Å². The fourth-order valence-electron chi connectivity index (χ4n) is 5.49. The van der Waals surface area contributed by atoms with Crippen molar-refractivity contribution >= 4 is 40.2 Å². The van der Waals surface area contributed by atoms with E-state index < -0.39 is 12.1 Å². The first-order valence-electron chi connectivity index (χ1n) is 12.3. The first-order chi connectivity index (χ1) is 17.9. The van der Waals surface area contributed by atoms with E-state index in [9.17, 15) is 14.4 Å². The summed E-state index contributed by atoms with van der Waals surface area (Å²) in [6.45, 7) is 1.89. The smallest absolute Gasteiger partial charge is 0.255 e. The van der Waals surface area contributed by atoms with Crippen LogP contribution in [0, 0.1) is 0 Å². The van der Waals surface area contributed by atoms with Gasteiger partial charge in [-0.1, -0.05) is 66.2 Å². The number of hydrogen-bond acceptors (Lipinski definition) is 3. The average Bonchev–Trinajstić information content (AvgIpc) is 3.43. The van der Waals surface area contributed by atoms with E-state index in [1.807, 2.05) is 60.7 Å². The van der Waals surface area contributed by atoms with Crippen LogP contribution in [0.25, 0.3) is 10.9 Å². The van der Waals surface area contributed by atoms with E-state index in [1.165, 1.54) is 0 Å². The number of aromatic nitrogens is 1. The highest BCUT2D eigenvalue weighted by Crippen LogP contribution is 2.46. The summed E-state index contributed by atoms with van der Waals surface area (Å²) in [6, 6.07) is 20.8. The molecule has 186 valence electrons. The minimum absolute atomic E-state index is 0.180. The van der Waals surface area contributed by atoms with Gasteiger partial charge in [0.15, 0.2) is 0 Å². The minimum atomic E-state index is -0.794. The summed E-state index contributed by atoms with van der Waals surface area (Å²) in [7, 11) is 0. The van der Waals surface area contributed by atoms with Gasteiger partial charge in [0.25, 0.3) is 5.91 Å². The number of hydrogen-bond donors (Lipinski definition) is 3. The largest absolute Gasteiger partial charge is 0.356 e. The zero-order valence-corrected chi connectivity index (χ0v) is 20.9. The second kappa shape index (κ2) is 9.09. The molecule has 0 fully saturated rings. The van der Waals surface area contributed by atoms with Crippen LogP contribution in [0.2, 0.25) is 5.02 Å². The van der Waals surface area contributed by atoms with Gasteiger partial charge in [-0.3, -0.25) is 14.4 Å². The summed E-state index contributed by atoms with van der Waals surface area (Å²) in [5, 5.41) is 7.28. The van der Waals surface area contributed by atoms with Crippen molar-refractivity contribution in [2.45, 2.75) is 38.0 Å². The molecule has 8 heteroatoms. The molecule has 0 saturated carbocycles. The highest BCUT2D eigenvalue weighted by Gasteiger charge is 2.49. The van der Waals surface area contributed by atoms with Crippen molar-refractivity contribution in [3.63, 3.8) is 0 Å². The van der Waals surface area contributed by atoms with E-state index in [4.69, 9.17) is 11.6 Å². The van der Waals surface area contributed by atoms with E-state index >= 15 is 0 Å². The zero-order valence-electron chi connectivity index (χ0n) is 20.1. The van der Waals surface area contributed by atoms with Gasteiger partial charge >= 0.3 is 0 Å². The van der Waals surface area contributed by atoms with Gasteiger partial charge in [-0.05, 0) is 41.8 Å². The molecular weight excluding hydrogens is 488 g/mol. The van der Waals surface area contributed by atoms with Crippen LogP contribution in [0.4, 0.5) is 0 Å². The Morgan fingerprint density at radius 2 is 1.78 bits per heavy atom. The second-order valence-electron chi connectivity index (χ2n) is 9.52. The van der Waals surface area contributed by atoms with E-state index in [-0.39, 0.29) is 30.3 Å². The van der Waals surface area contributed by atoms with Gasteiger partial charge in [0.2, 0.25) is 11.8 Å². The highest BCUT2D eigenvalue weighted by molar-refractivity contribution is 6.31. The standard InChI is InChI=1S/C29H25ClN4O3/c1-16(27(35)31-15-17-8-2-6-12-22(17)30)32-28(36)24-14-21-18-9-5-7-13-23(18)33-25(21)26-19-10-3-4-11-20(19)29(37)34(24)26/h2-13,16,24,26,33H,14-15H2,1H3,(H,31,35)(H,32,36)/t16-,24-,26?/m0/s1. The molecule has 7 nitrogen and oxygen atoms in total. The maximum atomic E-state index is 13.6. The van der Waals surface area contributed by atoms with Crippen LogP contribution in [-0.2, 0) is 22.6 Å². The number of fused-ring (bicyclic) bond motifs is 7. The summed E-state index contributed by atoms with van der Waals surface area (Å²) >= 11 is 6.19. The maximum absolute atomic E-state index is 13.6. The van der Waals surface area contributed by atoms with Crippen molar-refractivity contribution in [2.75, 3.05) is 0 Å². The molecular formula is C29H25ClN4O3. The second-order valence-corrected chi connectivity index (χ2v) is 9.93. The summed E-state index contributed by atoms with van der Waals surface area (Å²) < 4.78 is 0. The molecule has 3 N–H and O–H groups in total. The molecule has 4 aromatic rings.